The summed E-state index contributed by atoms with van der Waals surface area (Å²) >= 11 is 0. The predicted molar refractivity (Wildman–Crippen MR) is 142 cm³/mol. The van der Waals surface area contributed by atoms with Crippen LogP contribution in [0.5, 0.6) is 0 Å². The van der Waals surface area contributed by atoms with Crippen LogP contribution in [0.15, 0.2) is 83.8 Å². The Morgan fingerprint density at radius 1 is 0.895 bits per heavy atom. The number of halogens is 2. The zero-order chi connectivity index (χ0) is 27.7. The van der Waals surface area contributed by atoms with Crippen LogP contribution in [-0.2, 0) is 26.2 Å². The summed E-state index contributed by atoms with van der Waals surface area (Å²) < 4.78 is 56.4. The van der Waals surface area contributed by atoms with Gasteiger partial charge in [0.15, 0.2) is 0 Å². The number of hydrogen-bond acceptors (Lipinski definition) is 4. The summed E-state index contributed by atoms with van der Waals surface area (Å²) in [7, 11) is -4.35. The number of anilines is 1. The zero-order valence-electron chi connectivity index (χ0n) is 21.3. The SMILES string of the molecule is CCCNC(=O)[C@@H](CC)N(Cc1ccc(F)cc1)C(=O)CN(c1ccccc1F)S(=O)(=O)c1ccccc1. The molecule has 2 amide bonds. The van der Waals surface area contributed by atoms with E-state index < -0.39 is 46.1 Å². The summed E-state index contributed by atoms with van der Waals surface area (Å²) in [5.74, 6) is -2.39. The van der Waals surface area contributed by atoms with Crippen molar-refractivity contribution < 1.29 is 26.8 Å². The first-order valence-electron chi connectivity index (χ1n) is 12.3. The van der Waals surface area contributed by atoms with Crippen LogP contribution < -0.4 is 9.62 Å². The lowest BCUT2D eigenvalue weighted by Crippen LogP contribution is -2.52. The van der Waals surface area contributed by atoms with E-state index in [1.165, 1.54) is 71.6 Å². The fourth-order valence-corrected chi connectivity index (χ4v) is 5.40. The van der Waals surface area contributed by atoms with Gasteiger partial charge in [-0.3, -0.25) is 13.9 Å². The number of amides is 2. The molecule has 0 aliphatic carbocycles. The molecule has 0 fully saturated rings. The van der Waals surface area contributed by atoms with E-state index >= 15 is 0 Å². The van der Waals surface area contributed by atoms with Gasteiger partial charge >= 0.3 is 0 Å². The standard InChI is InChI=1S/C28H31F2N3O4S/c1-3-18-31-28(35)25(4-2)32(19-21-14-16-22(29)17-15-21)27(34)20-33(26-13-9-8-12-24(26)30)38(36,37)23-10-6-5-7-11-23/h5-17,25H,3-4,18-20H2,1-2H3,(H,31,35)/t25-/m1/s1. The summed E-state index contributed by atoms with van der Waals surface area (Å²) in [5, 5.41) is 2.78. The Labute approximate surface area is 222 Å². The number of hydrogen-bond donors (Lipinski definition) is 1. The van der Waals surface area contributed by atoms with Crippen LogP contribution in [-0.4, -0.2) is 44.3 Å². The van der Waals surface area contributed by atoms with Gasteiger partial charge in [-0.25, -0.2) is 17.2 Å². The molecule has 0 heterocycles. The highest BCUT2D eigenvalue weighted by molar-refractivity contribution is 7.92. The van der Waals surface area contributed by atoms with Crippen LogP contribution in [0.1, 0.15) is 32.3 Å². The van der Waals surface area contributed by atoms with Gasteiger partial charge in [-0.1, -0.05) is 56.3 Å². The quantitative estimate of drug-likeness (QED) is 0.365. The van der Waals surface area contributed by atoms with Crippen LogP contribution in [0, 0.1) is 11.6 Å². The van der Waals surface area contributed by atoms with Gasteiger partial charge in [0.25, 0.3) is 10.0 Å². The van der Waals surface area contributed by atoms with Gasteiger partial charge < -0.3 is 10.2 Å². The summed E-state index contributed by atoms with van der Waals surface area (Å²) in [6.07, 6.45) is 0.929. The molecule has 3 rings (SSSR count). The Morgan fingerprint density at radius 2 is 1.53 bits per heavy atom. The number of carbonyl (C=O) groups is 2. The third kappa shape index (κ3) is 6.95. The topological polar surface area (TPSA) is 86.8 Å². The minimum absolute atomic E-state index is 0.0757. The molecule has 0 saturated heterocycles. The highest BCUT2D eigenvalue weighted by Crippen LogP contribution is 2.27. The molecule has 0 radical (unpaired) electrons. The van der Waals surface area contributed by atoms with Crippen molar-refractivity contribution in [3.63, 3.8) is 0 Å². The summed E-state index contributed by atoms with van der Waals surface area (Å²) in [6, 6.07) is 17.2. The third-order valence-corrected chi connectivity index (χ3v) is 7.71. The van der Waals surface area contributed by atoms with Crippen molar-refractivity contribution in [2.45, 2.75) is 44.2 Å². The first-order valence-corrected chi connectivity index (χ1v) is 13.8. The molecule has 10 heteroatoms. The number of benzene rings is 3. The lowest BCUT2D eigenvalue weighted by atomic mass is 10.1. The molecule has 1 N–H and O–H groups in total. The number of sulfonamides is 1. The molecule has 7 nitrogen and oxygen atoms in total. The molecule has 202 valence electrons. The van der Waals surface area contributed by atoms with Crippen molar-refractivity contribution in [2.24, 2.45) is 0 Å². The minimum atomic E-state index is -4.35. The van der Waals surface area contributed by atoms with Crippen molar-refractivity contribution in [3.8, 4) is 0 Å². The molecule has 0 aliphatic rings. The fourth-order valence-electron chi connectivity index (χ4n) is 3.96. The van der Waals surface area contributed by atoms with Gasteiger partial charge in [-0.05, 0) is 54.8 Å². The summed E-state index contributed by atoms with van der Waals surface area (Å²) in [5.41, 5.74) is 0.250. The van der Waals surface area contributed by atoms with Gasteiger partial charge in [-0.2, -0.15) is 0 Å². The third-order valence-electron chi connectivity index (χ3n) is 5.93. The highest BCUT2D eigenvalue weighted by Gasteiger charge is 2.34. The Balaban J connectivity index is 2.04. The van der Waals surface area contributed by atoms with E-state index in [1.807, 2.05) is 6.92 Å². The molecule has 0 saturated carbocycles. The zero-order valence-corrected chi connectivity index (χ0v) is 22.1. The first kappa shape index (κ1) is 28.8. The molecule has 0 bridgehead atoms. The second kappa shape index (κ2) is 13.1. The fraction of sp³-hybridized carbons (Fsp3) is 0.286. The number of para-hydroxylation sites is 1. The van der Waals surface area contributed by atoms with Gasteiger partial charge in [0.2, 0.25) is 11.8 Å². The molecule has 0 aromatic heterocycles. The largest absolute Gasteiger partial charge is 0.354 e. The Bertz CT molecular complexity index is 1340. The highest BCUT2D eigenvalue weighted by atomic mass is 32.2. The lowest BCUT2D eigenvalue weighted by molar-refractivity contribution is -0.140. The molecule has 0 spiro atoms. The molecule has 3 aromatic carbocycles. The summed E-state index contributed by atoms with van der Waals surface area (Å²) in [6.45, 7) is 3.20. The number of nitrogens with one attached hydrogen (secondary N) is 1. The molecule has 1 atom stereocenters. The van der Waals surface area contributed by atoms with Crippen LogP contribution in [0.3, 0.4) is 0 Å². The van der Waals surface area contributed by atoms with E-state index in [0.29, 0.717) is 22.8 Å². The second-order valence-electron chi connectivity index (χ2n) is 8.64. The Hall–Kier alpha value is -3.79. The van der Waals surface area contributed by atoms with Crippen LogP contribution in [0.25, 0.3) is 0 Å². The molecule has 0 unspecified atom stereocenters. The second-order valence-corrected chi connectivity index (χ2v) is 10.5. The number of rotatable bonds is 12. The maximum Gasteiger partial charge on any atom is 0.264 e. The summed E-state index contributed by atoms with van der Waals surface area (Å²) in [4.78, 5) is 27.9. The maximum atomic E-state index is 14.9. The molecular formula is C28H31F2N3O4S. The van der Waals surface area contributed by atoms with Crippen LogP contribution >= 0.6 is 0 Å². The first-order chi connectivity index (χ1) is 18.2. The van der Waals surface area contributed by atoms with E-state index in [4.69, 9.17) is 0 Å². The molecule has 0 aliphatic heterocycles. The lowest BCUT2D eigenvalue weighted by Gasteiger charge is -2.33. The van der Waals surface area contributed by atoms with Gasteiger partial charge in [0.1, 0.15) is 24.2 Å². The average molecular weight is 544 g/mol. The van der Waals surface area contributed by atoms with Crippen molar-refractivity contribution in [1.29, 1.82) is 0 Å². The normalized spacial score (nSPS) is 12.0. The number of carbonyl (C=O) groups excluding carboxylic acids is 2. The van der Waals surface area contributed by atoms with E-state index in [2.05, 4.69) is 5.32 Å². The van der Waals surface area contributed by atoms with Gasteiger partial charge in [-0.15, -0.1) is 0 Å². The van der Waals surface area contributed by atoms with Crippen molar-refractivity contribution in [1.82, 2.24) is 10.2 Å². The smallest absolute Gasteiger partial charge is 0.264 e. The predicted octanol–water partition coefficient (Wildman–Crippen LogP) is 4.49. The van der Waals surface area contributed by atoms with E-state index in [0.717, 1.165) is 6.07 Å². The molecular weight excluding hydrogens is 512 g/mol. The van der Waals surface area contributed by atoms with E-state index in [9.17, 15) is 26.8 Å². The minimum Gasteiger partial charge on any atom is -0.354 e. The van der Waals surface area contributed by atoms with Gasteiger partial charge in [0, 0.05) is 13.1 Å². The maximum absolute atomic E-state index is 14.9. The van der Waals surface area contributed by atoms with Crippen molar-refractivity contribution in [2.75, 3.05) is 17.4 Å². The molecule has 3 aromatic rings. The van der Waals surface area contributed by atoms with E-state index in [-0.39, 0.29) is 23.5 Å². The van der Waals surface area contributed by atoms with Crippen molar-refractivity contribution in [3.05, 3.63) is 96.1 Å². The van der Waals surface area contributed by atoms with Crippen LogP contribution in [0.4, 0.5) is 14.5 Å². The Kier molecular flexibility index (Phi) is 9.95. The van der Waals surface area contributed by atoms with E-state index in [1.54, 1.807) is 13.0 Å². The average Bonchev–Trinajstić information content (AvgIpc) is 2.92. The van der Waals surface area contributed by atoms with Gasteiger partial charge in [0.05, 0.1) is 10.6 Å². The Morgan fingerprint density at radius 3 is 2.13 bits per heavy atom. The van der Waals surface area contributed by atoms with Crippen LogP contribution in [0.2, 0.25) is 0 Å². The monoisotopic (exact) mass is 543 g/mol. The number of nitrogens with zero attached hydrogens (tertiary/aromatic N) is 2. The molecule has 38 heavy (non-hydrogen) atoms. The van der Waals surface area contributed by atoms with Crippen molar-refractivity contribution >= 4 is 27.5 Å².